The Morgan fingerprint density at radius 1 is 1.10 bits per heavy atom. The number of anilines is 2. The summed E-state index contributed by atoms with van der Waals surface area (Å²) in [6.45, 7) is 13.1. The average Bonchev–Trinajstić information content (AvgIpc) is 2.74. The molecule has 0 fully saturated rings. The van der Waals surface area contributed by atoms with Gasteiger partial charge in [0, 0.05) is 11.4 Å². The summed E-state index contributed by atoms with van der Waals surface area (Å²) in [6, 6.07) is 17.0. The summed E-state index contributed by atoms with van der Waals surface area (Å²) in [5.41, 5.74) is 8.99. The molecule has 4 aromatic rings. The fourth-order valence-corrected chi connectivity index (χ4v) is 3.82. The highest BCUT2D eigenvalue weighted by Gasteiger charge is 2.20. The van der Waals surface area contributed by atoms with Gasteiger partial charge in [-0.1, -0.05) is 36.4 Å². The molecule has 0 spiro atoms. The number of nitrogens with two attached hydrogens (primary N) is 1. The monoisotopic (exact) mass is 410 g/mol. The first kappa shape index (κ1) is 20.1. The summed E-state index contributed by atoms with van der Waals surface area (Å²) in [4.78, 5) is 25.5. The Labute approximate surface area is 180 Å². The van der Waals surface area contributed by atoms with E-state index in [1.165, 1.54) is 0 Å². The summed E-state index contributed by atoms with van der Waals surface area (Å²) in [7, 11) is 0. The third kappa shape index (κ3) is 3.60. The van der Waals surface area contributed by atoms with Gasteiger partial charge in [-0.25, -0.2) is 14.8 Å². The summed E-state index contributed by atoms with van der Waals surface area (Å²) in [5.74, 6) is 0.443. The Bertz CT molecular complexity index is 1390. The van der Waals surface area contributed by atoms with Gasteiger partial charge in [-0.3, -0.25) is 9.36 Å². The number of benzene rings is 2. The molecule has 0 bridgehead atoms. The molecule has 2 aromatic heterocycles. The number of hydrogen-bond acceptors (Lipinski definition) is 5. The lowest BCUT2D eigenvalue weighted by molar-refractivity contribution is 0.773. The van der Waals surface area contributed by atoms with Gasteiger partial charge in [0.2, 0.25) is 11.6 Å². The highest BCUT2D eigenvalue weighted by atomic mass is 16.1. The van der Waals surface area contributed by atoms with E-state index in [1.807, 2.05) is 68.4 Å². The first-order valence-corrected chi connectivity index (χ1v) is 9.89. The van der Waals surface area contributed by atoms with Crippen LogP contribution < -0.4 is 16.6 Å². The number of nitrogens with zero attached hydrogens (tertiary/aromatic N) is 4. The molecule has 4 rings (SSSR count). The predicted molar refractivity (Wildman–Crippen MR) is 124 cm³/mol. The van der Waals surface area contributed by atoms with E-state index in [1.54, 1.807) is 11.5 Å². The minimum absolute atomic E-state index is 0.0887. The normalized spacial score (nSPS) is 11.8. The number of aryl methyl sites for hydroxylation is 2. The standard InChI is InChI=1S/C24H22N6O/c1-14-9-8-10-17-13-19(30(23(31)20(14)17)18-11-6-5-7-12-18)15(2)27-22-21(26-4)16(3)28-24(25)29-22/h5-13,15H,1-3H3,(H3,25,27,28,29)/t15-/m0/s1. The highest BCUT2D eigenvalue weighted by molar-refractivity contribution is 5.85. The lowest BCUT2D eigenvalue weighted by atomic mass is 10.0. The molecule has 0 amide bonds. The second kappa shape index (κ2) is 7.92. The Morgan fingerprint density at radius 3 is 2.55 bits per heavy atom. The number of hydrogen-bond donors (Lipinski definition) is 2. The van der Waals surface area contributed by atoms with Crippen molar-refractivity contribution in [2.24, 2.45) is 0 Å². The molecule has 1 atom stereocenters. The number of pyridine rings is 1. The van der Waals surface area contributed by atoms with Gasteiger partial charge < -0.3 is 11.1 Å². The summed E-state index contributed by atoms with van der Waals surface area (Å²) in [6.07, 6.45) is 0. The van der Waals surface area contributed by atoms with Crippen molar-refractivity contribution in [1.29, 1.82) is 0 Å². The molecule has 7 nitrogen and oxygen atoms in total. The van der Waals surface area contributed by atoms with E-state index < -0.39 is 0 Å². The van der Waals surface area contributed by atoms with Crippen molar-refractivity contribution in [1.82, 2.24) is 14.5 Å². The van der Waals surface area contributed by atoms with Gasteiger partial charge in [-0.2, -0.15) is 0 Å². The quantitative estimate of drug-likeness (QED) is 0.476. The van der Waals surface area contributed by atoms with Crippen LogP contribution in [0.1, 0.15) is 29.9 Å². The zero-order valence-electron chi connectivity index (χ0n) is 17.5. The fourth-order valence-electron chi connectivity index (χ4n) is 3.82. The lowest BCUT2D eigenvalue weighted by Crippen LogP contribution is -2.26. The van der Waals surface area contributed by atoms with E-state index >= 15 is 0 Å². The maximum Gasteiger partial charge on any atom is 0.263 e. The largest absolute Gasteiger partial charge is 0.371 e. The van der Waals surface area contributed by atoms with Crippen LogP contribution in [0.5, 0.6) is 0 Å². The molecular formula is C24H22N6O. The summed E-state index contributed by atoms with van der Waals surface area (Å²) >= 11 is 0. The number of aromatic nitrogens is 3. The second-order valence-corrected chi connectivity index (χ2v) is 7.43. The van der Waals surface area contributed by atoms with Crippen LogP contribution in [0.3, 0.4) is 0 Å². The molecule has 0 saturated carbocycles. The van der Waals surface area contributed by atoms with Crippen LogP contribution in [0.25, 0.3) is 21.3 Å². The van der Waals surface area contributed by atoms with Crippen LogP contribution >= 0.6 is 0 Å². The molecule has 3 N–H and O–H groups in total. The molecule has 2 heterocycles. The SMILES string of the molecule is [C-]#[N+]c1c(C)nc(N)nc1N[C@@H](C)c1cc2cccc(C)c2c(=O)n1-c1ccccc1. The molecule has 0 radical (unpaired) electrons. The van der Waals surface area contributed by atoms with Crippen LogP contribution in [0.2, 0.25) is 0 Å². The van der Waals surface area contributed by atoms with Crippen LogP contribution in [0, 0.1) is 20.4 Å². The maximum absolute atomic E-state index is 13.6. The van der Waals surface area contributed by atoms with Crippen molar-refractivity contribution in [3.05, 3.63) is 93.3 Å². The molecule has 2 aromatic carbocycles. The van der Waals surface area contributed by atoms with Gasteiger partial charge in [0.1, 0.15) is 5.82 Å². The Hall–Kier alpha value is -4.18. The number of nitrogens with one attached hydrogen (secondary N) is 1. The predicted octanol–water partition coefficient (Wildman–Crippen LogP) is 4.70. The Morgan fingerprint density at radius 2 is 1.84 bits per heavy atom. The molecule has 0 aliphatic heterocycles. The minimum Gasteiger partial charge on any atom is -0.371 e. The number of para-hydroxylation sites is 1. The third-order valence-electron chi connectivity index (χ3n) is 5.28. The van der Waals surface area contributed by atoms with E-state index in [0.717, 1.165) is 22.3 Å². The molecule has 154 valence electrons. The fraction of sp³-hybridized carbons (Fsp3) is 0.167. The molecule has 0 aliphatic carbocycles. The van der Waals surface area contributed by atoms with Gasteiger partial charge >= 0.3 is 0 Å². The van der Waals surface area contributed by atoms with E-state index in [-0.39, 0.29) is 17.5 Å². The van der Waals surface area contributed by atoms with Gasteiger partial charge in [-0.15, -0.1) is 0 Å². The van der Waals surface area contributed by atoms with E-state index in [0.29, 0.717) is 22.6 Å². The number of nitrogen functional groups attached to an aromatic ring is 1. The van der Waals surface area contributed by atoms with E-state index in [9.17, 15) is 4.79 Å². The van der Waals surface area contributed by atoms with Crippen LogP contribution in [0.4, 0.5) is 17.5 Å². The molecular weight excluding hydrogens is 388 g/mol. The van der Waals surface area contributed by atoms with Gasteiger partial charge in [0.15, 0.2) is 0 Å². The van der Waals surface area contributed by atoms with Crippen molar-refractivity contribution in [2.45, 2.75) is 26.8 Å². The maximum atomic E-state index is 13.6. The smallest absolute Gasteiger partial charge is 0.263 e. The Kier molecular flexibility index (Phi) is 5.14. The zero-order chi connectivity index (χ0) is 22.1. The third-order valence-corrected chi connectivity index (χ3v) is 5.28. The summed E-state index contributed by atoms with van der Waals surface area (Å²) in [5, 5.41) is 4.82. The average molecular weight is 410 g/mol. The minimum atomic E-state index is -0.341. The first-order valence-electron chi connectivity index (χ1n) is 9.89. The van der Waals surface area contributed by atoms with E-state index in [4.69, 9.17) is 12.3 Å². The zero-order valence-corrected chi connectivity index (χ0v) is 17.5. The molecule has 0 aliphatic rings. The topological polar surface area (TPSA) is 90.2 Å². The molecule has 7 heteroatoms. The van der Waals surface area contributed by atoms with Crippen LogP contribution in [-0.2, 0) is 0 Å². The van der Waals surface area contributed by atoms with Crippen molar-refractivity contribution < 1.29 is 0 Å². The van der Waals surface area contributed by atoms with Crippen LogP contribution in [0.15, 0.2) is 59.4 Å². The lowest BCUT2D eigenvalue weighted by Gasteiger charge is -2.22. The molecule has 0 unspecified atom stereocenters. The van der Waals surface area contributed by atoms with Crippen LogP contribution in [-0.4, -0.2) is 14.5 Å². The number of rotatable bonds is 4. The van der Waals surface area contributed by atoms with Crippen molar-refractivity contribution in [2.75, 3.05) is 11.1 Å². The second-order valence-electron chi connectivity index (χ2n) is 7.43. The van der Waals surface area contributed by atoms with Gasteiger partial charge in [0.25, 0.3) is 5.56 Å². The molecule has 0 saturated heterocycles. The van der Waals surface area contributed by atoms with Gasteiger partial charge in [0.05, 0.1) is 23.7 Å². The van der Waals surface area contributed by atoms with E-state index in [2.05, 4.69) is 20.1 Å². The first-order chi connectivity index (χ1) is 14.9. The van der Waals surface area contributed by atoms with Crippen molar-refractivity contribution in [3.63, 3.8) is 0 Å². The van der Waals surface area contributed by atoms with Crippen molar-refractivity contribution >= 4 is 28.2 Å². The summed E-state index contributed by atoms with van der Waals surface area (Å²) < 4.78 is 1.71. The Balaban J connectivity index is 1.94. The highest BCUT2D eigenvalue weighted by Crippen LogP contribution is 2.31. The van der Waals surface area contributed by atoms with Crippen molar-refractivity contribution in [3.8, 4) is 5.69 Å². The van der Waals surface area contributed by atoms with Gasteiger partial charge in [-0.05, 0) is 49.9 Å². The number of fused-ring (bicyclic) bond motifs is 1. The molecule has 31 heavy (non-hydrogen) atoms.